The average molecular weight is 358 g/mol. The lowest BCUT2D eigenvalue weighted by Gasteiger charge is -2.24. The zero-order valence-corrected chi connectivity index (χ0v) is 15.7. The van der Waals surface area contributed by atoms with Crippen molar-refractivity contribution in [1.82, 2.24) is 0 Å². The topological polar surface area (TPSA) is 38.7 Å². The van der Waals surface area contributed by atoms with E-state index in [9.17, 15) is 5.11 Å². The molecular weight excluding hydrogens is 336 g/mol. The highest BCUT2D eigenvalue weighted by Crippen LogP contribution is 2.31. The fourth-order valence-electron chi connectivity index (χ4n) is 2.77. The van der Waals surface area contributed by atoms with Gasteiger partial charge in [0, 0.05) is 16.7 Å². The molecule has 0 spiro atoms. The minimum absolute atomic E-state index is 0.674. The molecule has 0 heterocycles. The van der Waals surface area contributed by atoms with Crippen molar-refractivity contribution in [3.8, 4) is 23.3 Å². The van der Waals surface area contributed by atoms with Crippen molar-refractivity contribution in [2.45, 2.75) is 12.5 Å². The molecule has 0 fully saturated rings. The van der Waals surface area contributed by atoms with Crippen molar-refractivity contribution in [3.63, 3.8) is 0 Å². The zero-order valence-electron chi connectivity index (χ0n) is 15.7. The van der Waals surface area contributed by atoms with Crippen molar-refractivity contribution < 1.29 is 14.6 Å². The molecule has 0 unspecified atom stereocenters. The maximum absolute atomic E-state index is 11.5. The van der Waals surface area contributed by atoms with Crippen LogP contribution in [0.3, 0.4) is 0 Å². The lowest BCUT2D eigenvalue weighted by Crippen LogP contribution is -2.25. The Labute approximate surface area is 160 Å². The number of hydrogen-bond donors (Lipinski definition) is 1. The lowest BCUT2D eigenvalue weighted by molar-refractivity contribution is 0.145. The van der Waals surface area contributed by atoms with Crippen molar-refractivity contribution in [2.24, 2.45) is 0 Å². The number of hydrogen-bond acceptors (Lipinski definition) is 3. The fraction of sp³-hybridized carbons (Fsp3) is 0.167. The number of aliphatic hydroxyl groups is 1. The van der Waals surface area contributed by atoms with E-state index in [1.54, 1.807) is 14.2 Å². The molecule has 0 bridgehead atoms. The van der Waals surface area contributed by atoms with Crippen LogP contribution in [-0.2, 0) is 5.60 Å². The molecule has 0 aliphatic heterocycles. The van der Waals surface area contributed by atoms with Gasteiger partial charge in [-0.15, -0.1) is 0 Å². The highest BCUT2D eigenvalue weighted by molar-refractivity contribution is 5.49. The lowest BCUT2D eigenvalue weighted by atomic mass is 9.86. The molecule has 0 atom stereocenters. The quantitative estimate of drug-likeness (QED) is 0.707. The first-order chi connectivity index (χ1) is 13.0. The SMILES string of the molecule is COc1ccc(C(O)(C#Cc2ccc(C)cc2)c2ccc(OC)cc2)cc1. The molecule has 3 heteroatoms. The van der Waals surface area contributed by atoms with Gasteiger partial charge in [-0.2, -0.15) is 0 Å². The van der Waals surface area contributed by atoms with Gasteiger partial charge in [-0.1, -0.05) is 53.8 Å². The summed E-state index contributed by atoms with van der Waals surface area (Å²) in [6, 6.07) is 22.5. The summed E-state index contributed by atoms with van der Waals surface area (Å²) in [4.78, 5) is 0. The molecule has 27 heavy (non-hydrogen) atoms. The second kappa shape index (κ2) is 7.99. The molecule has 3 aromatic rings. The van der Waals surface area contributed by atoms with E-state index < -0.39 is 5.60 Å². The van der Waals surface area contributed by atoms with Crippen LogP contribution in [0.25, 0.3) is 0 Å². The average Bonchev–Trinajstić information content (AvgIpc) is 2.73. The largest absolute Gasteiger partial charge is 0.497 e. The van der Waals surface area contributed by atoms with E-state index in [-0.39, 0.29) is 0 Å². The van der Waals surface area contributed by atoms with Crippen molar-refractivity contribution >= 4 is 0 Å². The van der Waals surface area contributed by atoms with Crippen LogP contribution in [0.1, 0.15) is 22.3 Å². The van der Waals surface area contributed by atoms with Gasteiger partial charge in [0.15, 0.2) is 5.60 Å². The second-order valence-corrected chi connectivity index (χ2v) is 6.28. The number of benzene rings is 3. The smallest absolute Gasteiger partial charge is 0.177 e. The molecule has 136 valence electrons. The van der Waals surface area contributed by atoms with Crippen LogP contribution in [0.2, 0.25) is 0 Å². The Morgan fingerprint density at radius 3 is 1.56 bits per heavy atom. The van der Waals surface area contributed by atoms with Gasteiger partial charge in [-0.3, -0.25) is 0 Å². The van der Waals surface area contributed by atoms with Crippen molar-refractivity contribution in [3.05, 3.63) is 95.1 Å². The van der Waals surface area contributed by atoms with Crippen LogP contribution in [0, 0.1) is 18.8 Å². The van der Waals surface area contributed by atoms with E-state index in [1.807, 2.05) is 79.7 Å². The first-order valence-corrected chi connectivity index (χ1v) is 8.66. The van der Waals surface area contributed by atoms with Gasteiger partial charge in [-0.05, 0) is 43.3 Å². The van der Waals surface area contributed by atoms with Crippen LogP contribution >= 0.6 is 0 Å². The highest BCUT2D eigenvalue weighted by atomic mass is 16.5. The molecule has 0 aromatic heterocycles. The molecule has 3 nitrogen and oxygen atoms in total. The van der Waals surface area contributed by atoms with Crippen molar-refractivity contribution in [2.75, 3.05) is 14.2 Å². The van der Waals surface area contributed by atoms with Crippen LogP contribution in [0.5, 0.6) is 11.5 Å². The molecular formula is C24H22O3. The van der Waals surface area contributed by atoms with Gasteiger partial charge in [0.2, 0.25) is 0 Å². The number of methoxy groups -OCH3 is 2. The van der Waals surface area contributed by atoms with Gasteiger partial charge in [0.1, 0.15) is 11.5 Å². The van der Waals surface area contributed by atoms with Gasteiger partial charge in [-0.25, -0.2) is 0 Å². The monoisotopic (exact) mass is 358 g/mol. The molecule has 1 N–H and O–H groups in total. The molecule has 0 saturated heterocycles. The summed E-state index contributed by atoms with van der Waals surface area (Å²) >= 11 is 0. The highest BCUT2D eigenvalue weighted by Gasteiger charge is 2.29. The Kier molecular flexibility index (Phi) is 5.49. The zero-order chi connectivity index (χ0) is 19.3. The third-order valence-corrected chi connectivity index (χ3v) is 4.45. The Balaban J connectivity index is 2.08. The molecule has 3 aromatic carbocycles. The van der Waals surface area contributed by atoms with Crippen LogP contribution in [0.4, 0.5) is 0 Å². The normalized spacial score (nSPS) is 10.7. The van der Waals surface area contributed by atoms with Crippen LogP contribution < -0.4 is 9.47 Å². The summed E-state index contributed by atoms with van der Waals surface area (Å²) in [6.07, 6.45) is 0. The summed E-state index contributed by atoms with van der Waals surface area (Å²) < 4.78 is 10.4. The number of ether oxygens (including phenoxy) is 2. The second-order valence-electron chi connectivity index (χ2n) is 6.28. The summed E-state index contributed by atoms with van der Waals surface area (Å²) in [5.74, 6) is 7.62. The van der Waals surface area contributed by atoms with E-state index in [4.69, 9.17) is 9.47 Å². The summed E-state index contributed by atoms with van der Waals surface area (Å²) in [5.41, 5.74) is 1.91. The minimum Gasteiger partial charge on any atom is -0.497 e. The standard InChI is InChI=1S/C24H22O3/c1-18-4-6-19(7-5-18)16-17-24(25,20-8-12-22(26-2)13-9-20)21-10-14-23(27-3)15-11-21/h4-15,25H,1-3H3. The first-order valence-electron chi connectivity index (χ1n) is 8.66. The maximum Gasteiger partial charge on any atom is 0.177 e. The Bertz CT molecular complexity index is 896. The van der Waals surface area contributed by atoms with Gasteiger partial charge in [0.05, 0.1) is 14.2 Å². The number of rotatable bonds is 4. The van der Waals surface area contributed by atoms with Gasteiger partial charge in [0.25, 0.3) is 0 Å². The molecule has 0 saturated carbocycles. The van der Waals surface area contributed by atoms with Gasteiger partial charge < -0.3 is 14.6 Å². The van der Waals surface area contributed by atoms with E-state index >= 15 is 0 Å². The first kappa shape index (κ1) is 18.6. The Morgan fingerprint density at radius 1 is 0.704 bits per heavy atom. The number of aryl methyl sites for hydroxylation is 1. The fourth-order valence-corrected chi connectivity index (χ4v) is 2.77. The predicted octanol–water partition coefficient (Wildman–Crippen LogP) is 4.30. The van der Waals surface area contributed by atoms with E-state index in [2.05, 4.69) is 11.8 Å². The Hall–Kier alpha value is -3.22. The third kappa shape index (κ3) is 4.13. The van der Waals surface area contributed by atoms with Crippen LogP contribution in [-0.4, -0.2) is 19.3 Å². The predicted molar refractivity (Wildman–Crippen MR) is 107 cm³/mol. The minimum atomic E-state index is -1.45. The summed E-state index contributed by atoms with van der Waals surface area (Å²) in [5, 5.41) is 11.5. The summed E-state index contributed by atoms with van der Waals surface area (Å²) in [6.45, 7) is 2.03. The van der Waals surface area contributed by atoms with E-state index in [1.165, 1.54) is 5.56 Å². The molecule has 0 amide bonds. The van der Waals surface area contributed by atoms with Crippen LogP contribution in [0.15, 0.2) is 72.8 Å². The Morgan fingerprint density at radius 2 is 1.15 bits per heavy atom. The van der Waals surface area contributed by atoms with Crippen molar-refractivity contribution in [1.29, 1.82) is 0 Å². The maximum atomic E-state index is 11.5. The van der Waals surface area contributed by atoms with Gasteiger partial charge >= 0.3 is 0 Å². The van der Waals surface area contributed by atoms with E-state index in [0.717, 1.165) is 17.1 Å². The van der Waals surface area contributed by atoms with E-state index in [0.29, 0.717) is 11.1 Å². The summed E-state index contributed by atoms with van der Waals surface area (Å²) in [7, 11) is 3.23. The molecule has 3 rings (SSSR count). The molecule has 0 radical (unpaired) electrons. The molecule has 0 aliphatic carbocycles. The molecule has 0 aliphatic rings. The third-order valence-electron chi connectivity index (χ3n) is 4.45.